The van der Waals surface area contributed by atoms with E-state index in [4.69, 9.17) is 11.6 Å². The first-order chi connectivity index (χ1) is 11.7. The van der Waals surface area contributed by atoms with Crippen LogP contribution in [0.25, 0.3) is 0 Å². The average Bonchev–Trinajstić information content (AvgIpc) is 2.61. The van der Waals surface area contributed by atoms with Gasteiger partial charge >= 0.3 is 0 Å². The molecule has 0 radical (unpaired) electrons. The van der Waals surface area contributed by atoms with E-state index in [0.717, 1.165) is 32.8 Å². The first-order valence-electron chi connectivity index (χ1n) is 7.64. The number of para-hydroxylation sites is 1. The summed E-state index contributed by atoms with van der Waals surface area (Å²) in [5.41, 5.74) is 3.43. The number of benzene rings is 2. The molecule has 3 nitrogen and oxygen atoms in total. The van der Waals surface area contributed by atoms with Crippen LogP contribution in [0.15, 0.2) is 53.5 Å². The number of thioether (sulfide) groups is 2. The zero-order valence-corrected chi connectivity index (χ0v) is 15.4. The molecule has 1 heterocycles. The number of rotatable bonds is 5. The number of amides is 1. The number of carbonyl (C=O) groups excluding carboxylic acids is 1. The highest BCUT2D eigenvalue weighted by Gasteiger charge is 2.13. The molecule has 0 saturated heterocycles. The van der Waals surface area contributed by atoms with E-state index in [1.165, 1.54) is 17.3 Å². The molecule has 3 rings (SSSR count). The van der Waals surface area contributed by atoms with Gasteiger partial charge in [0.05, 0.1) is 11.4 Å². The van der Waals surface area contributed by atoms with Crippen molar-refractivity contribution < 1.29 is 4.79 Å². The molecule has 0 saturated carbocycles. The molecule has 6 heteroatoms. The highest BCUT2D eigenvalue weighted by Crippen LogP contribution is 2.34. The lowest BCUT2D eigenvalue weighted by Crippen LogP contribution is -2.27. The van der Waals surface area contributed by atoms with E-state index in [2.05, 4.69) is 16.4 Å². The Bertz CT molecular complexity index is 747. The van der Waals surface area contributed by atoms with Crippen molar-refractivity contribution in [3.05, 3.63) is 64.7 Å². The molecule has 2 aromatic rings. The van der Waals surface area contributed by atoms with Gasteiger partial charge in [-0.1, -0.05) is 65.5 Å². The lowest BCUT2D eigenvalue weighted by molar-refractivity contribution is -0.118. The first-order valence-corrected chi connectivity index (χ1v) is 9.99. The minimum atomic E-state index is 0.0381. The van der Waals surface area contributed by atoms with Crippen LogP contribution in [0.2, 0.25) is 5.02 Å². The van der Waals surface area contributed by atoms with Gasteiger partial charge in [0.25, 0.3) is 0 Å². The average molecular weight is 377 g/mol. The summed E-state index contributed by atoms with van der Waals surface area (Å²) in [6.45, 7) is 0.628. The summed E-state index contributed by atoms with van der Waals surface area (Å²) in [4.78, 5) is 16.6. The van der Waals surface area contributed by atoms with Crippen LogP contribution in [0.4, 0.5) is 5.69 Å². The Kier molecular flexibility index (Phi) is 6.24. The van der Waals surface area contributed by atoms with Gasteiger partial charge in [-0.25, -0.2) is 4.99 Å². The molecule has 0 unspecified atom stereocenters. The number of fused-ring (bicyclic) bond motifs is 1. The summed E-state index contributed by atoms with van der Waals surface area (Å²) < 4.78 is 0.960. The first kappa shape index (κ1) is 17.4. The van der Waals surface area contributed by atoms with Crippen LogP contribution in [0.1, 0.15) is 11.1 Å². The summed E-state index contributed by atoms with van der Waals surface area (Å²) in [6.07, 6.45) is 0.802. The molecule has 24 heavy (non-hydrogen) atoms. The van der Waals surface area contributed by atoms with Gasteiger partial charge < -0.3 is 5.32 Å². The van der Waals surface area contributed by atoms with Crippen LogP contribution in [0.3, 0.4) is 0 Å². The number of aliphatic imine (C=N–C) groups is 1. The summed E-state index contributed by atoms with van der Waals surface area (Å²) in [7, 11) is 0. The lowest BCUT2D eigenvalue weighted by Gasteiger charge is -2.14. The van der Waals surface area contributed by atoms with Crippen molar-refractivity contribution >= 4 is 51.1 Å². The highest BCUT2D eigenvalue weighted by atomic mass is 35.5. The summed E-state index contributed by atoms with van der Waals surface area (Å²) in [5.74, 6) is 1.35. The summed E-state index contributed by atoms with van der Waals surface area (Å²) >= 11 is 9.05. The zero-order valence-electron chi connectivity index (χ0n) is 13.0. The lowest BCUT2D eigenvalue weighted by atomic mass is 10.1. The van der Waals surface area contributed by atoms with Crippen LogP contribution < -0.4 is 5.32 Å². The number of nitrogens with zero attached hydrogens (tertiary/aromatic N) is 1. The molecule has 0 spiro atoms. The molecule has 1 aliphatic heterocycles. The second-order valence-corrected chi connectivity index (χ2v) is 7.93. The second kappa shape index (κ2) is 8.60. The summed E-state index contributed by atoms with van der Waals surface area (Å²) in [5, 5.41) is 3.68. The highest BCUT2D eigenvalue weighted by molar-refractivity contribution is 8.38. The minimum Gasteiger partial charge on any atom is -0.355 e. The second-order valence-electron chi connectivity index (χ2n) is 5.31. The van der Waals surface area contributed by atoms with Gasteiger partial charge in [-0.2, -0.15) is 0 Å². The van der Waals surface area contributed by atoms with Crippen LogP contribution in [-0.4, -0.2) is 22.6 Å². The van der Waals surface area contributed by atoms with Crippen molar-refractivity contribution in [3.8, 4) is 0 Å². The van der Waals surface area contributed by atoms with E-state index < -0.39 is 0 Å². The van der Waals surface area contributed by atoms with E-state index >= 15 is 0 Å². The van der Waals surface area contributed by atoms with Crippen molar-refractivity contribution in [3.63, 3.8) is 0 Å². The molecule has 0 bridgehead atoms. The fourth-order valence-corrected chi connectivity index (χ4v) is 4.28. The normalized spacial score (nSPS) is 13.1. The minimum absolute atomic E-state index is 0.0381. The SMILES string of the molecule is O=C(CSC1=Nc2ccccc2CS1)NCCc1ccc(Cl)cc1. The molecule has 2 aromatic carbocycles. The molecular weight excluding hydrogens is 360 g/mol. The molecule has 1 amide bonds. The zero-order chi connectivity index (χ0) is 16.8. The molecule has 0 atom stereocenters. The monoisotopic (exact) mass is 376 g/mol. The Hall–Kier alpha value is -1.43. The van der Waals surface area contributed by atoms with E-state index in [9.17, 15) is 4.79 Å². The molecule has 124 valence electrons. The maximum Gasteiger partial charge on any atom is 0.230 e. The molecule has 0 aliphatic carbocycles. The fourth-order valence-electron chi connectivity index (χ4n) is 2.26. The van der Waals surface area contributed by atoms with Crippen molar-refractivity contribution in [1.29, 1.82) is 0 Å². The Labute approximate surface area is 155 Å². The van der Waals surface area contributed by atoms with Gasteiger partial charge in [-0.3, -0.25) is 4.79 Å². The number of hydrogen-bond acceptors (Lipinski definition) is 4. The van der Waals surface area contributed by atoms with Gasteiger partial charge in [0.2, 0.25) is 5.91 Å². The predicted octanol–water partition coefficient (Wildman–Crippen LogP) is 4.67. The predicted molar refractivity (Wildman–Crippen MR) is 105 cm³/mol. The van der Waals surface area contributed by atoms with Crippen LogP contribution in [0, 0.1) is 0 Å². The third kappa shape index (κ3) is 5.03. The maximum atomic E-state index is 12.0. The van der Waals surface area contributed by atoms with E-state index in [1.807, 2.05) is 42.5 Å². The number of halogens is 1. The summed E-state index contributed by atoms with van der Waals surface area (Å²) in [6, 6.07) is 15.8. The van der Waals surface area contributed by atoms with Gasteiger partial charge in [-0.05, 0) is 35.7 Å². The van der Waals surface area contributed by atoms with Crippen molar-refractivity contribution in [2.45, 2.75) is 12.2 Å². The van der Waals surface area contributed by atoms with E-state index in [-0.39, 0.29) is 5.91 Å². The molecular formula is C18H17ClN2OS2. The van der Waals surface area contributed by atoms with Crippen molar-refractivity contribution in [2.24, 2.45) is 4.99 Å². The number of hydrogen-bond donors (Lipinski definition) is 1. The standard InChI is InChI=1S/C18H17ClN2OS2/c19-15-7-5-13(6-8-15)9-10-20-17(22)12-24-18-21-16-4-2-1-3-14(16)11-23-18/h1-8H,9-12H2,(H,20,22). The van der Waals surface area contributed by atoms with Crippen LogP contribution in [-0.2, 0) is 17.0 Å². The van der Waals surface area contributed by atoms with E-state index in [0.29, 0.717) is 12.3 Å². The van der Waals surface area contributed by atoms with Gasteiger partial charge in [0, 0.05) is 17.3 Å². The van der Waals surface area contributed by atoms with Crippen molar-refractivity contribution in [2.75, 3.05) is 12.3 Å². The third-order valence-electron chi connectivity index (χ3n) is 3.53. The Morgan fingerprint density at radius 1 is 1.21 bits per heavy atom. The quantitative estimate of drug-likeness (QED) is 0.824. The third-order valence-corrected chi connectivity index (χ3v) is 6.03. The molecule has 0 aromatic heterocycles. The fraction of sp³-hybridized carbons (Fsp3) is 0.222. The van der Waals surface area contributed by atoms with Crippen LogP contribution in [0.5, 0.6) is 0 Å². The Morgan fingerprint density at radius 3 is 2.83 bits per heavy atom. The molecule has 1 aliphatic rings. The van der Waals surface area contributed by atoms with E-state index in [1.54, 1.807) is 11.8 Å². The molecule has 0 fully saturated rings. The molecule has 1 N–H and O–H groups in total. The van der Waals surface area contributed by atoms with Crippen molar-refractivity contribution in [1.82, 2.24) is 5.32 Å². The largest absolute Gasteiger partial charge is 0.355 e. The number of carbonyl (C=O) groups is 1. The smallest absolute Gasteiger partial charge is 0.230 e. The van der Waals surface area contributed by atoms with Crippen LogP contribution >= 0.6 is 35.1 Å². The Morgan fingerprint density at radius 2 is 2.00 bits per heavy atom. The maximum absolute atomic E-state index is 12.0. The van der Waals surface area contributed by atoms with Gasteiger partial charge in [0.15, 0.2) is 0 Å². The Balaban J connectivity index is 1.41. The number of nitrogens with one attached hydrogen (secondary N) is 1. The topological polar surface area (TPSA) is 41.5 Å². The van der Waals surface area contributed by atoms with Gasteiger partial charge in [-0.15, -0.1) is 0 Å². The van der Waals surface area contributed by atoms with Gasteiger partial charge in [0.1, 0.15) is 4.38 Å².